The smallest absolute Gasteiger partial charge is 0.220 e. The molecule has 2 atom stereocenters. The first-order valence-corrected chi connectivity index (χ1v) is 12.2. The minimum atomic E-state index is -0.585. The number of para-hydroxylation sites is 1. The third-order valence-corrected chi connectivity index (χ3v) is 7.32. The predicted molar refractivity (Wildman–Crippen MR) is 132 cm³/mol. The molecule has 2 aliphatic heterocycles. The number of hydrogen-bond acceptors (Lipinski definition) is 3. The van der Waals surface area contributed by atoms with Crippen LogP contribution in [0.25, 0.3) is 11.1 Å². The van der Waals surface area contributed by atoms with Crippen LogP contribution in [-0.2, 0) is 11.3 Å². The summed E-state index contributed by atoms with van der Waals surface area (Å²) in [6, 6.07) is 20.0. The first-order valence-electron chi connectivity index (χ1n) is 12.2. The van der Waals surface area contributed by atoms with Crippen molar-refractivity contribution in [3.8, 4) is 16.9 Å². The van der Waals surface area contributed by atoms with Crippen LogP contribution in [0.4, 0.5) is 8.78 Å². The number of nitrogens with one attached hydrogen (secondary N) is 1. The maximum atomic E-state index is 14.2. The molecule has 5 rings (SSSR count). The molecule has 0 aliphatic carbocycles. The average molecular weight is 477 g/mol. The van der Waals surface area contributed by atoms with Crippen LogP contribution in [0.1, 0.15) is 42.7 Å². The van der Waals surface area contributed by atoms with Gasteiger partial charge >= 0.3 is 0 Å². The van der Waals surface area contributed by atoms with E-state index in [0.717, 1.165) is 47.8 Å². The fraction of sp³-hybridized carbons (Fsp3) is 0.345. The average Bonchev–Trinajstić information content (AvgIpc) is 3.06. The van der Waals surface area contributed by atoms with Crippen molar-refractivity contribution < 1.29 is 18.3 Å². The topological polar surface area (TPSA) is 41.6 Å². The van der Waals surface area contributed by atoms with Gasteiger partial charge in [-0.15, -0.1) is 0 Å². The molecule has 3 aromatic rings. The van der Waals surface area contributed by atoms with Gasteiger partial charge in [-0.1, -0.05) is 42.8 Å². The maximum Gasteiger partial charge on any atom is 0.220 e. The molecule has 1 spiro atoms. The number of nitrogens with zero attached hydrogens (tertiary/aromatic N) is 1. The molecule has 0 bridgehead atoms. The molecule has 2 heterocycles. The van der Waals surface area contributed by atoms with E-state index < -0.39 is 17.2 Å². The van der Waals surface area contributed by atoms with E-state index in [1.54, 1.807) is 7.11 Å². The second kappa shape index (κ2) is 9.78. The third kappa shape index (κ3) is 4.94. The van der Waals surface area contributed by atoms with E-state index in [0.29, 0.717) is 31.6 Å². The van der Waals surface area contributed by atoms with Gasteiger partial charge in [0.1, 0.15) is 17.4 Å². The van der Waals surface area contributed by atoms with E-state index in [2.05, 4.69) is 28.4 Å². The number of rotatable bonds is 5. The van der Waals surface area contributed by atoms with Crippen molar-refractivity contribution in [1.29, 1.82) is 0 Å². The third-order valence-electron chi connectivity index (χ3n) is 7.32. The Hall–Kier alpha value is -3.25. The van der Waals surface area contributed by atoms with Crippen molar-refractivity contribution in [3.05, 3.63) is 89.5 Å². The van der Waals surface area contributed by atoms with E-state index >= 15 is 0 Å². The summed E-state index contributed by atoms with van der Waals surface area (Å²) in [5.74, 6) is -0.521. The Morgan fingerprint density at radius 2 is 1.83 bits per heavy atom. The van der Waals surface area contributed by atoms with Gasteiger partial charge in [0.05, 0.1) is 12.6 Å². The van der Waals surface area contributed by atoms with E-state index in [-0.39, 0.29) is 11.8 Å². The number of halogens is 2. The molecule has 35 heavy (non-hydrogen) atoms. The van der Waals surface area contributed by atoms with Crippen molar-refractivity contribution in [2.24, 2.45) is 0 Å². The zero-order valence-electron chi connectivity index (χ0n) is 19.9. The molecule has 1 N–H and O–H groups in total. The van der Waals surface area contributed by atoms with Crippen LogP contribution in [0.2, 0.25) is 0 Å². The van der Waals surface area contributed by atoms with Gasteiger partial charge in [-0.3, -0.25) is 9.69 Å². The number of carbonyl (C=O) groups excluding carboxylic acids is 1. The van der Waals surface area contributed by atoms with Crippen LogP contribution < -0.4 is 10.1 Å². The first-order chi connectivity index (χ1) is 17.0. The summed E-state index contributed by atoms with van der Waals surface area (Å²) in [5, 5.41) is 3.27. The lowest BCUT2D eigenvalue weighted by atomic mass is 9.79. The second-order valence-electron chi connectivity index (χ2n) is 9.74. The standard InChI is InChI=1S/C29H30F2N2O2/c1-35-27-10-3-2-9-25(27)21-8-6-7-20(13-21)17-33-18-26(22-14-23(30)16-24(31)15-22)29(19-33)12-5-4-11-28(34)32-29/h2-3,6-10,13-16,26H,4-5,11-12,17-19H2,1H3,(H,32,34)/t26-,29+/m0/s1. The number of methoxy groups -OCH3 is 1. The van der Waals surface area contributed by atoms with Crippen molar-refractivity contribution in [2.75, 3.05) is 20.2 Å². The molecule has 4 nitrogen and oxygen atoms in total. The van der Waals surface area contributed by atoms with Crippen molar-refractivity contribution in [1.82, 2.24) is 10.2 Å². The largest absolute Gasteiger partial charge is 0.496 e. The van der Waals surface area contributed by atoms with E-state index in [1.165, 1.54) is 12.1 Å². The van der Waals surface area contributed by atoms with Crippen LogP contribution in [0.15, 0.2) is 66.7 Å². The van der Waals surface area contributed by atoms with Crippen LogP contribution >= 0.6 is 0 Å². The molecule has 0 aromatic heterocycles. The molecule has 0 saturated carbocycles. The van der Waals surface area contributed by atoms with Gasteiger partial charge in [0.15, 0.2) is 0 Å². The van der Waals surface area contributed by atoms with Crippen molar-refractivity contribution in [2.45, 2.75) is 43.7 Å². The summed E-state index contributed by atoms with van der Waals surface area (Å²) < 4.78 is 33.8. The Morgan fingerprint density at radius 1 is 1.03 bits per heavy atom. The number of likely N-dealkylation sites (tertiary alicyclic amines) is 1. The molecular weight excluding hydrogens is 446 g/mol. The molecule has 182 valence electrons. The quantitative estimate of drug-likeness (QED) is 0.516. The lowest BCUT2D eigenvalue weighted by molar-refractivity contribution is -0.122. The van der Waals surface area contributed by atoms with Gasteiger partial charge < -0.3 is 10.1 Å². The molecule has 3 aromatic carbocycles. The van der Waals surface area contributed by atoms with Gasteiger partial charge in [0.25, 0.3) is 0 Å². The predicted octanol–water partition coefficient (Wildman–Crippen LogP) is 5.67. The Balaban J connectivity index is 1.45. The fourth-order valence-electron chi connectivity index (χ4n) is 5.82. The molecular formula is C29H30F2N2O2. The molecule has 6 heteroatoms. The minimum absolute atomic E-state index is 0.0180. The van der Waals surface area contributed by atoms with Gasteiger partial charge in [-0.25, -0.2) is 8.78 Å². The van der Waals surface area contributed by atoms with Gasteiger partial charge in [0.2, 0.25) is 5.91 Å². The van der Waals surface area contributed by atoms with Gasteiger partial charge in [-0.2, -0.15) is 0 Å². The first kappa shape index (κ1) is 23.5. The Kier molecular flexibility index (Phi) is 6.56. The molecule has 1 amide bonds. The van der Waals surface area contributed by atoms with Gasteiger partial charge in [0, 0.05) is 43.6 Å². The summed E-state index contributed by atoms with van der Waals surface area (Å²) in [5.41, 5.74) is 3.30. The SMILES string of the molecule is COc1ccccc1-c1cccc(CN2C[C@@H](c3cc(F)cc(F)c3)[C@@]3(CCCCC(=O)N3)C2)c1. The Labute approximate surface area is 204 Å². The number of carbonyl (C=O) groups is 1. The number of amides is 1. The van der Waals surface area contributed by atoms with Crippen molar-refractivity contribution in [3.63, 3.8) is 0 Å². The summed E-state index contributed by atoms with van der Waals surface area (Å²) in [4.78, 5) is 14.9. The highest BCUT2D eigenvalue weighted by Crippen LogP contribution is 2.42. The molecule has 0 unspecified atom stereocenters. The normalized spacial score (nSPS) is 22.7. The van der Waals surface area contributed by atoms with E-state index in [1.807, 2.05) is 30.3 Å². The van der Waals surface area contributed by atoms with Crippen LogP contribution in [0.3, 0.4) is 0 Å². The minimum Gasteiger partial charge on any atom is -0.496 e. The molecule has 0 radical (unpaired) electrons. The highest BCUT2D eigenvalue weighted by molar-refractivity contribution is 5.77. The zero-order chi connectivity index (χ0) is 24.4. The summed E-state index contributed by atoms with van der Waals surface area (Å²) in [7, 11) is 1.67. The Bertz CT molecular complexity index is 1210. The molecule has 2 aliphatic rings. The van der Waals surface area contributed by atoms with Crippen LogP contribution in [-0.4, -0.2) is 36.5 Å². The lowest BCUT2D eigenvalue weighted by Gasteiger charge is -2.35. The zero-order valence-corrected chi connectivity index (χ0v) is 19.9. The van der Waals surface area contributed by atoms with Gasteiger partial charge in [-0.05, 0) is 53.8 Å². The number of hydrogen-bond donors (Lipinski definition) is 1. The summed E-state index contributed by atoms with van der Waals surface area (Å²) >= 11 is 0. The van der Waals surface area contributed by atoms with Crippen LogP contribution in [0.5, 0.6) is 5.75 Å². The second-order valence-corrected chi connectivity index (χ2v) is 9.74. The van der Waals surface area contributed by atoms with E-state index in [4.69, 9.17) is 4.74 Å². The fourth-order valence-corrected chi connectivity index (χ4v) is 5.82. The monoisotopic (exact) mass is 476 g/mol. The van der Waals surface area contributed by atoms with E-state index in [9.17, 15) is 13.6 Å². The highest BCUT2D eigenvalue weighted by Gasteiger charge is 2.48. The van der Waals surface area contributed by atoms with Crippen molar-refractivity contribution >= 4 is 5.91 Å². The maximum absolute atomic E-state index is 14.2. The van der Waals surface area contributed by atoms with Crippen LogP contribution in [0, 0.1) is 11.6 Å². The number of benzene rings is 3. The Morgan fingerprint density at radius 3 is 2.63 bits per heavy atom. The molecule has 2 fully saturated rings. The number of ether oxygens (including phenoxy) is 1. The molecule has 2 saturated heterocycles. The highest BCUT2D eigenvalue weighted by atomic mass is 19.1. The summed E-state index contributed by atoms with van der Waals surface area (Å²) in [6.07, 6.45) is 3.02. The lowest BCUT2D eigenvalue weighted by Crippen LogP contribution is -2.52. The summed E-state index contributed by atoms with van der Waals surface area (Å²) in [6.45, 7) is 1.93.